The first kappa shape index (κ1) is 14.5. The van der Waals surface area contributed by atoms with Crippen LogP contribution in [0.3, 0.4) is 0 Å². The van der Waals surface area contributed by atoms with Crippen LogP contribution in [0.1, 0.15) is 11.3 Å². The van der Waals surface area contributed by atoms with E-state index in [2.05, 4.69) is 16.2 Å². The Morgan fingerprint density at radius 1 is 1.12 bits per heavy atom. The molecule has 0 aliphatic rings. The molecular formula is C18H11ClN4O. The lowest BCUT2D eigenvalue weighted by Gasteiger charge is -2.10. The summed E-state index contributed by atoms with van der Waals surface area (Å²) in [5, 5.41) is 15.0. The highest BCUT2D eigenvalue weighted by molar-refractivity contribution is 6.34. The van der Waals surface area contributed by atoms with Crippen LogP contribution < -0.4 is 4.74 Å². The zero-order valence-electron chi connectivity index (χ0n) is 12.7. The predicted octanol–water partition coefficient (Wildman–Crippen LogP) is 4.51. The number of para-hydroxylation sites is 2. The molecule has 2 heterocycles. The lowest BCUT2D eigenvalue weighted by Crippen LogP contribution is -1.98. The third-order valence-corrected chi connectivity index (χ3v) is 4.19. The summed E-state index contributed by atoms with van der Waals surface area (Å²) < 4.78 is 7.66. The van der Waals surface area contributed by atoms with Crippen molar-refractivity contribution in [3.8, 4) is 17.7 Å². The van der Waals surface area contributed by atoms with Crippen LogP contribution in [0.15, 0.2) is 48.5 Å². The highest BCUT2D eigenvalue weighted by Crippen LogP contribution is 2.33. The Hall–Kier alpha value is -3.10. The molecule has 0 amide bonds. The molecule has 0 atom stereocenters. The van der Waals surface area contributed by atoms with Gasteiger partial charge in [0.1, 0.15) is 16.8 Å². The van der Waals surface area contributed by atoms with Crippen LogP contribution >= 0.6 is 11.6 Å². The number of nitrogens with zero attached hydrogens (tertiary/aromatic N) is 4. The first-order valence-corrected chi connectivity index (χ1v) is 7.67. The van der Waals surface area contributed by atoms with Gasteiger partial charge in [-0.25, -0.2) is 4.52 Å². The summed E-state index contributed by atoms with van der Waals surface area (Å²) >= 11 is 6.32. The lowest BCUT2D eigenvalue weighted by atomic mass is 10.2. The molecule has 0 fully saturated rings. The molecule has 2 aromatic heterocycles. The maximum absolute atomic E-state index is 9.24. The number of hydrogen-bond donors (Lipinski definition) is 0. The summed E-state index contributed by atoms with van der Waals surface area (Å²) in [6.07, 6.45) is 0. The molecular weight excluding hydrogens is 324 g/mol. The van der Waals surface area contributed by atoms with E-state index in [1.165, 1.54) is 0 Å². The topological polar surface area (TPSA) is 63.2 Å². The number of aromatic nitrogens is 3. The zero-order valence-corrected chi connectivity index (χ0v) is 13.4. The molecule has 2 aromatic carbocycles. The summed E-state index contributed by atoms with van der Waals surface area (Å²) in [6, 6.07) is 16.8. The SMILES string of the molecule is Cc1nn2c(nc(Oc3ccccc3C#N)c3ccccc32)c1Cl. The minimum absolute atomic E-state index is 0.391. The molecule has 0 unspecified atom stereocenters. The Labute approximate surface area is 142 Å². The third-order valence-electron chi connectivity index (χ3n) is 3.75. The molecule has 4 aromatic rings. The van der Waals surface area contributed by atoms with Gasteiger partial charge in [0.2, 0.25) is 5.88 Å². The van der Waals surface area contributed by atoms with Gasteiger partial charge < -0.3 is 4.74 Å². The first-order chi connectivity index (χ1) is 11.7. The fourth-order valence-electron chi connectivity index (χ4n) is 2.59. The summed E-state index contributed by atoms with van der Waals surface area (Å²) in [4.78, 5) is 4.53. The van der Waals surface area contributed by atoms with Crippen molar-refractivity contribution in [1.82, 2.24) is 14.6 Å². The van der Waals surface area contributed by atoms with Gasteiger partial charge in [-0.2, -0.15) is 15.3 Å². The van der Waals surface area contributed by atoms with Gasteiger partial charge in [-0.3, -0.25) is 0 Å². The molecule has 0 bridgehead atoms. The van der Waals surface area contributed by atoms with Crippen molar-refractivity contribution < 1.29 is 4.74 Å². The van der Waals surface area contributed by atoms with Gasteiger partial charge in [0, 0.05) is 0 Å². The van der Waals surface area contributed by atoms with E-state index in [1.54, 1.807) is 22.7 Å². The van der Waals surface area contributed by atoms with Gasteiger partial charge in [-0.1, -0.05) is 35.9 Å². The first-order valence-electron chi connectivity index (χ1n) is 7.29. The zero-order chi connectivity index (χ0) is 16.7. The molecule has 24 heavy (non-hydrogen) atoms. The predicted molar refractivity (Wildman–Crippen MR) is 91.5 cm³/mol. The minimum atomic E-state index is 0.391. The van der Waals surface area contributed by atoms with Crippen molar-refractivity contribution in [1.29, 1.82) is 5.26 Å². The normalized spacial score (nSPS) is 10.9. The van der Waals surface area contributed by atoms with E-state index in [0.29, 0.717) is 33.6 Å². The monoisotopic (exact) mass is 334 g/mol. The number of aryl methyl sites for hydroxylation is 1. The summed E-state index contributed by atoms with van der Waals surface area (Å²) in [5.74, 6) is 0.844. The van der Waals surface area contributed by atoms with Gasteiger partial charge >= 0.3 is 0 Å². The average molecular weight is 335 g/mol. The van der Waals surface area contributed by atoms with Crippen molar-refractivity contribution in [2.75, 3.05) is 0 Å². The van der Waals surface area contributed by atoms with E-state index in [4.69, 9.17) is 16.3 Å². The average Bonchev–Trinajstić information content (AvgIpc) is 2.91. The van der Waals surface area contributed by atoms with Crippen LogP contribution in [-0.2, 0) is 0 Å². The van der Waals surface area contributed by atoms with Crippen LogP contribution in [0, 0.1) is 18.3 Å². The summed E-state index contributed by atoms with van der Waals surface area (Å²) in [6.45, 7) is 1.83. The second-order valence-electron chi connectivity index (χ2n) is 5.28. The molecule has 0 N–H and O–H groups in total. The van der Waals surface area contributed by atoms with Crippen molar-refractivity contribution in [3.63, 3.8) is 0 Å². The number of nitriles is 1. The molecule has 4 rings (SSSR count). The number of fused-ring (bicyclic) bond motifs is 3. The van der Waals surface area contributed by atoms with E-state index >= 15 is 0 Å². The van der Waals surface area contributed by atoms with Crippen LogP contribution in [0.2, 0.25) is 5.02 Å². The van der Waals surface area contributed by atoms with E-state index in [-0.39, 0.29) is 0 Å². The van der Waals surface area contributed by atoms with Crippen molar-refractivity contribution >= 4 is 28.2 Å². The van der Waals surface area contributed by atoms with E-state index < -0.39 is 0 Å². The van der Waals surface area contributed by atoms with Gasteiger partial charge in [-0.05, 0) is 31.2 Å². The second-order valence-corrected chi connectivity index (χ2v) is 5.66. The number of hydrogen-bond acceptors (Lipinski definition) is 4. The number of rotatable bonds is 2. The molecule has 116 valence electrons. The fraction of sp³-hybridized carbons (Fsp3) is 0.0556. The number of halogens is 1. The number of benzene rings is 2. The molecule has 0 spiro atoms. The quantitative estimate of drug-likeness (QED) is 0.541. The van der Waals surface area contributed by atoms with Crippen LogP contribution in [0.4, 0.5) is 0 Å². The molecule has 0 aliphatic heterocycles. The van der Waals surface area contributed by atoms with E-state index in [9.17, 15) is 5.26 Å². The highest BCUT2D eigenvalue weighted by atomic mass is 35.5. The van der Waals surface area contributed by atoms with Crippen LogP contribution in [0.5, 0.6) is 11.6 Å². The fourth-order valence-corrected chi connectivity index (χ4v) is 2.75. The molecule has 0 radical (unpaired) electrons. The Morgan fingerprint density at radius 3 is 2.71 bits per heavy atom. The van der Waals surface area contributed by atoms with Crippen molar-refractivity contribution in [2.45, 2.75) is 6.92 Å². The largest absolute Gasteiger partial charge is 0.437 e. The van der Waals surface area contributed by atoms with E-state index in [1.807, 2.05) is 37.3 Å². The van der Waals surface area contributed by atoms with Gasteiger partial charge in [0.15, 0.2) is 5.65 Å². The Kier molecular flexibility index (Phi) is 3.33. The van der Waals surface area contributed by atoms with Gasteiger partial charge in [0.25, 0.3) is 0 Å². The van der Waals surface area contributed by atoms with Crippen molar-refractivity contribution in [2.24, 2.45) is 0 Å². The standard InChI is InChI=1S/C18H11ClN4O/c1-11-16(19)17-21-18(24-15-9-5-2-6-12(15)10-20)13-7-3-4-8-14(13)23(17)22-11/h2-9H,1H3. The maximum atomic E-state index is 9.24. The van der Waals surface area contributed by atoms with Crippen LogP contribution in [-0.4, -0.2) is 14.6 Å². The third kappa shape index (κ3) is 2.16. The summed E-state index contributed by atoms with van der Waals surface area (Å²) in [7, 11) is 0. The molecule has 0 aliphatic carbocycles. The smallest absolute Gasteiger partial charge is 0.230 e. The lowest BCUT2D eigenvalue weighted by molar-refractivity contribution is 0.468. The Bertz CT molecular complexity index is 1130. The number of ether oxygens (including phenoxy) is 1. The van der Waals surface area contributed by atoms with Crippen molar-refractivity contribution in [3.05, 3.63) is 64.8 Å². The molecule has 6 heteroatoms. The second kappa shape index (κ2) is 5.52. The highest BCUT2D eigenvalue weighted by Gasteiger charge is 2.16. The summed E-state index contributed by atoms with van der Waals surface area (Å²) in [5.41, 5.74) is 2.50. The van der Waals surface area contributed by atoms with Crippen LogP contribution in [0.25, 0.3) is 16.6 Å². The molecule has 0 saturated carbocycles. The minimum Gasteiger partial charge on any atom is -0.437 e. The Morgan fingerprint density at radius 2 is 1.88 bits per heavy atom. The van der Waals surface area contributed by atoms with Gasteiger partial charge in [-0.15, -0.1) is 0 Å². The maximum Gasteiger partial charge on any atom is 0.230 e. The molecule has 5 nitrogen and oxygen atoms in total. The molecule has 0 saturated heterocycles. The van der Waals surface area contributed by atoms with E-state index in [0.717, 1.165) is 10.9 Å². The Balaban J connectivity index is 2.00. The van der Waals surface area contributed by atoms with Gasteiger partial charge in [0.05, 0.1) is 22.2 Å².